The molecule has 4 heterocycles. The summed E-state index contributed by atoms with van der Waals surface area (Å²) in [6, 6.07) is 4.11. The molecule has 2 aromatic heterocycles. The fraction of sp³-hybridized carbons (Fsp3) is 0.393. The van der Waals surface area contributed by atoms with E-state index in [1.807, 2.05) is 31.0 Å². The van der Waals surface area contributed by atoms with Crippen LogP contribution in [0.15, 0.2) is 41.7 Å². The Hall–Kier alpha value is -3.95. The molecule has 0 atom stereocenters. The van der Waals surface area contributed by atoms with Crippen LogP contribution in [0.1, 0.15) is 38.7 Å². The Labute approximate surface area is 218 Å². The lowest BCUT2D eigenvalue weighted by molar-refractivity contribution is -0.132. The first kappa shape index (κ1) is 24.4. The Bertz CT molecular complexity index is 1450. The van der Waals surface area contributed by atoms with Gasteiger partial charge in [-0.3, -0.25) is 4.79 Å². The molecule has 0 saturated heterocycles. The number of aromatic nitrogens is 2. The number of fused-ring (bicyclic) bond motifs is 1. The number of hydrogen-bond donors (Lipinski definition) is 2. The van der Waals surface area contributed by atoms with Crippen molar-refractivity contribution >= 4 is 34.2 Å². The van der Waals surface area contributed by atoms with Gasteiger partial charge in [0.2, 0.25) is 5.91 Å². The molecule has 1 fully saturated rings. The summed E-state index contributed by atoms with van der Waals surface area (Å²) in [6.07, 6.45) is 8.00. The third-order valence-corrected chi connectivity index (χ3v) is 7.04. The van der Waals surface area contributed by atoms with E-state index >= 15 is 8.78 Å². The summed E-state index contributed by atoms with van der Waals surface area (Å²) in [7, 11) is 0. The average molecular weight is 522 g/mol. The summed E-state index contributed by atoms with van der Waals surface area (Å²) < 4.78 is 41.6. The number of amides is 1. The molecule has 3 aromatic rings. The summed E-state index contributed by atoms with van der Waals surface area (Å²) in [5.74, 6) is -1.55. The minimum absolute atomic E-state index is 0.0899. The van der Waals surface area contributed by atoms with Crippen molar-refractivity contribution in [1.29, 1.82) is 0 Å². The van der Waals surface area contributed by atoms with E-state index in [1.54, 1.807) is 6.07 Å². The van der Waals surface area contributed by atoms with Crippen LogP contribution in [-0.4, -0.2) is 53.0 Å². The maximum absolute atomic E-state index is 15.1. The maximum atomic E-state index is 15.1. The quantitative estimate of drug-likeness (QED) is 0.464. The molecule has 2 N–H and O–H groups in total. The molecule has 8 nitrogen and oxygen atoms in total. The standard InChI is InChI=1S/C28H29F2N5O3/c1-28(2)14-33-27(37-15-28)34-18-11-20(29)24(21(30)12-18)38-22-5-8-31-25-23(22)19(13-32-25)16-6-9-35(10-7-16)26(36)17-3-4-17/h5-6,8,11-13,17H,3-4,7,9-10,14-15H2,1-2H3,(H,31,32)(H,33,34). The highest BCUT2D eigenvalue weighted by molar-refractivity contribution is 5.96. The number of H-pyrrole nitrogens is 1. The third-order valence-electron chi connectivity index (χ3n) is 7.04. The number of rotatable bonds is 5. The fourth-order valence-electron chi connectivity index (χ4n) is 4.75. The predicted octanol–water partition coefficient (Wildman–Crippen LogP) is 5.48. The van der Waals surface area contributed by atoms with Crippen molar-refractivity contribution < 1.29 is 23.0 Å². The molecule has 0 spiro atoms. The molecular weight excluding hydrogens is 492 g/mol. The molecule has 1 saturated carbocycles. The highest BCUT2D eigenvalue weighted by Gasteiger charge is 2.34. The van der Waals surface area contributed by atoms with Gasteiger partial charge in [0, 0.05) is 60.2 Å². The first-order valence-corrected chi connectivity index (χ1v) is 12.8. The molecule has 0 radical (unpaired) electrons. The lowest BCUT2D eigenvalue weighted by atomic mass is 9.95. The number of benzene rings is 1. The number of hydrogen-bond acceptors (Lipinski definition) is 6. The Balaban J connectivity index is 1.24. The van der Waals surface area contributed by atoms with E-state index < -0.39 is 17.4 Å². The van der Waals surface area contributed by atoms with Gasteiger partial charge in [0.25, 0.3) is 6.02 Å². The molecule has 198 valence electrons. The van der Waals surface area contributed by atoms with E-state index in [-0.39, 0.29) is 34.7 Å². The molecule has 0 bridgehead atoms. The van der Waals surface area contributed by atoms with Gasteiger partial charge in [-0.25, -0.2) is 18.8 Å². The number of aromatic amines is 1. The molecule has 0 unspecified atom stereocenters. The van der Waals surface area contributed by atoms with Gasteiger partial charge in [0.15, 0.2) is 17.4 Å². The van der Waals surface area contributed by atoms with Gasteiger partial charge in [-0.2, -0.15) is 0 Å². The number of halogens is 2. The maximum Gasteiger partial charge on any atom is 0.289 e. The molecule has 2 aliphatic heterocycles. The van der Waals surface area contributed by atoms with Crippen LogP contribution in [0.5, 0.6) is 11.5 Å². The fourth-order valence-corrected chi connectivity index (χ4v) is 4.75. The van der Waals surface area contributed by atoms with Gasteiger partial charge in [-0.05, 0) is 30.9 Å². The molecule has 1 aliphatic carbocycles. The minimum Gasteiger partial charge on any atom is -0.464 e. The molecular formula is C28H29F2N5O3. The van der Waals surface area contributed by atoms with Crippen molar-refractivity contribution in [3.05, 3.63) is 53.9 Å². The smallest absolute Gasteiger partial charge is 0.289 e. The van der Waals surface area contributed by atoms with Crippen LogP contribution in [0.25, 0.3) is 16.6 Å². The lowest BCUT2D eigenvalue weighted by Gasteiger charge is -2.28. The van der Waals surface area contributed by atoms with Gasteiger partial charge in [-0.1, -0.05) is 19.9 Å². The number of amidine groups is 1. The van der Waals surface area contributed by atoms with E-state index in [2.05, 4.69) is 20.3 Å². The second-order valence-electron chi connectivity index (χ2n) is 10.8. The number of carbonyl (C=O) groups excluding carboxylic acids is 1. The number of nitrogens with zero attached hydrogens (tertiary/aromatic N) is 3. The van der Waals surface area contributed by atoms with Crippen molar-refractivity contribution in [2.45, 2.75) is 33.1 Å². The number of ether oxygens (including phenoxy) is 2. The number of carbonyl (C=O) groups is 1. The second kappa shape index (κ2) is 9.41. The normalized spacial score (nSPS) is 19.0. The minimum atomic E-state index is -0.864. The van der Waals surface area contributed by atoms with E-state index in [1.165, 1.54) is 6.20 Å². The van der Waals surface area contributed by atoms with E-state index in [4.69, 9.17) is 9.47 Å². The molecule has 3 aliphatic rings. The average Bonchev–Trinajstić information content (AvgIpc) is 3.66. The SMILES string of the molecule is CC1(C)CN=C(Nc2cc(F)c(Oc3ccnc4[nH]cc(C5=CCN(C(=O)C6CC6)CC5)c34)c(F)c2)OC1. The van der Waals surface area contributed by atoms with Crippen LogP contribution in [0.4, 0.5) is 14.5 Å². The van der Waals surface area contributed by atoms with Gasteiger partial charge in [0.1, 0.15) is 11.4 Å². The van der Waals surface area contributed by atoms with Crippen LogP contribution < -0.4 is 10.1 Å². The van der Waals surface area contributed by atoms with Gasteiger partial charge in [0.05, 0.1) is 18.5 Å². The van der Waals surface area contributed by atoms with Crippen LogP contribution in [0.3, 0.4) is 0 Å². The largest absolute Gasteiger partial charge is 0.464 e. The first-order valence-electron chi connectivity index (χ1n) is 12.8. The van der Waals surface area contributed by atoms with E-state index in [9.17, 15) is 4.79 Å². The summed E-state index contributed by atoms with van der Waals surface area (Å²) in [6.45, 7) is 6.23. The highest BCUT2D eigenvalue weighted by atomic mass is 19.1. The highest BCUT2D eigenvalue weighted by Crippen LogP contribution is 2.39. The second-order valence-corrected chi connectivity index (χ2v) is 10.8. The van der Waals surface area contributed by atoms with Crippen LogP contribution in [-0.2, 0) is 9.53 Å². The van der Waals surface area contributed by atoms with Crippen molar-refractivity contribution in [3.63, 3.8) is 0 Å². The van der Waals surface area contributed by atoms with Crippen molar-refractivity contribution in [2.24, 2.45) is 16.3 Å². The van der Waals surface area contributed by atoms with Crippen molar-refractivity contribution in [3.8, 4) is 11.5 Å². The number of pyridine rings is 1. The summed E-state index contributed by atoms with van der Waals surface area (Å²) in [5, 5.41) is 3.47. The zero-order chi connectivity index (χ0) is 26.4. The third kappa shape index (κ3) is 4.82. The Morgan fingerprint density at radius 3 is 2.71 bits per heavy atom. The summed E-state index contributed by atoms with van der Waals surface area (Å²) in [4.78, 5) is 26.1. The first-order chi connectivity index (χ1) is 18.3. The molecule has 38 heavy (non-hydrogen) atoms. The van der Waals surface area contributed by atoms with E-state index in [0.717, 1.165) is 36.1 Å². The van der Waals surface area contributed by atoms with Crippen LogP contribution >= 0.6 is 0 Å². The van der Waals surface area contributed by atoms with Gasteiger partial charge in [-0.15, -0.1) is 0 Å². The molecule has 1 aromatic carbocycles. The number of nitrogens with one attached hydrogen (secondary N) is 2. The van der Waals surface area contributed by atoms with Crippen LogP contribution in [0, 0.1) is 23.0 Å². The summed E-state index contributed by atoms with van der Waals surface area (Å²) >= 11 is 0. The molecule has 1 amide bonds. The van der Waals surface area contributed by atoms with E-state index in [0.29, 0.717) is 43.7 Å². The van der Waals surface area contributed by atoms with Crippen molar-refractivity contribution in [1.82, 2.24) is 14.9 Å². The number of anilines is 1. The molecule has 6 rings (SSSR count). The van der Waals surface area contributed by atoms with Crippen molar-refractivity contribution in [2.75, 3.05) is 31.6 Å². The lowest BCUT2D eigenvalue weighted by Crippen LogP contribution is -2.35. The summed E-state index contributed by atoms with van der Waals surface area (Å²) in [5.41, 5.74) is 2.50. The monoisotopic (exact) mass is 521 g/mol. The number of aliphatic imine (C=N–C) groups is 1. The van der Waals surface area contributed by atoms with Gasteiger partial charge < -0.3 is 24.7 Å². The molecule has 10 heteroatoms. The van der Waals surface area contributed by atoms with Gasteiger partial charge >= 0.3 is 0 Å². The predicted molar refractivity (Wildman–Crippen MR) is 140 cm³/mol. The zero-order valence-electron chi connectivity index (χ0n) is 21.3. The zero-order valence-corrected chi connectivity index (χ0v) is 21.3. The Morgan fingerprint density at radius 1 is 1.26 bits per heavy atom. The Kier molecular flexibility index (Phi) is 6.04. The topological polar surface area (TPSA) is 91.8 Å². The van der Waals surface area contributed by atoms with Crippen LogP contribution in [0.2, 0.25) is 0 Å². The Morgan fingerprint density at radius 2 is 2.05 bits per heavy atom.